The van der Waals surface area contributed by atoms with Gasteiger partial charge >= 0.3 is 5.97 Å². The van der Waals surface area contributed by atoms with E-state index in [1.807, 2.05) is 23.8 Å². The van der Waals surface area contributed by atoms with Crippen LogP contribution in [0, 0.1) is 5.82 Å². The third-order valence-corrected chi connectivity index (χ3v) is 3.74. The predicted molar refractivity (Wildman–Crippen MR) is 85.3 cm³/mol. The first-order chi connectivity index (χ1) is 11.1. The van der Waals surface area contributed by atoms with Gasteiger partial charge < -0.3 is 14.4 Å². The molecule has 23 heavy (non-hydrogen) atoms. The highest BCUT2D eigenvalue weighted by atomic mass is 19.1. The zero-order valence-electron chi connectivity index (χ0n) is 12.6. The molecule has 1 heterocycles. The van der Waals surface area contributed by atoms with Gasteiger partial charge in [0.25, 0.3) is 0 Å². The molecule has 5 heteroatoms. The molecule has 4 nitrogen and oxygen atoms in total. The smallest absolute Gasteiger partial charge is 0.337 e. The number of ether oxygens (including phenoxy) is 1. The number of benzene rings is 2. The number of hydrogen-bond acceptors (Lipinski definition) is 2. The minimum atomic E-state index is -0.957. The third-order valence-electron chi connectivity index (χ3n) is 3.74. The molecule has 0 saturated heterocycles. The van der Waals surface area contributed by atoms with Crippen LogP contribution in [0.25, 0.3) is 10.9 Å². The first kappa shape index (κ1) is 15.1. The van der Waals surface area contributed by atoms with Crippen molar-refractivity contribution in [1.82, 2.24) is 4.57 Å². The Balaban J connectivity index is 1.98. The molecule has 0 spiro atoms. The maximum absolute atomic E-state index is 13.2. The summed E-state index contributed by atoms with van der Waals surface area (Å²) in [5.41, 5.74) is 1.82. The van der Waals surface area contributed by atoms with Crippen LogP contribution in [0.3, 0.4) is 0 Å². The molecule has 0 aliphatic carbocycles. The monoisotopic (exact) mass is 313 g/mol. The van der Waals surface area contributed by atoms with Crippen molar-refractivity contribution in [2.45, 2.75) is 20.1 Å². The number of nitrogens with zero attached hydrogens (tertiary/aromatic N) is 1. The highest BCUT2D eigenvalue weighted by Crippen LogP contribution is 2.26. The summed E-state index contributed by atoms with van der Waals surface area (Å²) in [6.45, 7) is 2.85. The highest BCUT2D eigenvalue weighted by Gasteiger charge is 2.15. The Labute approximate surface area is 132 Å². The summed E-state index contributed by atoms with van der Waals surface area (Å²) < 4.78 is 20.7. The molecule has 0 atom stereocenters. The van der Waals surface area contributed by atoms with E-state index in [1.165, 1.54) is 12.1 Å². The lowest BCUT2D eigenvalue weighted by Gasteiger charge is -2.05. The van der Waals surface area contributed by atoms with Crippen LogP contribution in [-0.4, -0.2) is 15.6 Å². The van der Waals surface area contributed by atoms with Crippen LogP contribution in [-0.2, 0) is 13.2 Å². The SMILES string of the molecule is CCn1cc(COc2cccc(F)c2)c2cccc(C(=O)O)c21. The van der Waals surface area contributed by atoms with Gasteiger partial charge in [0.1, 0.15) is 18.2 Å². The molecule has 3 rings (SSSR count). The molecule has 3 aromatic rings. The molecule has 0 unspecified atom stereocenters. The van der Waals surface area contributed by atoms with E-state index < -0.39 is 5.97 Å². The Morgan fingerprint density at radius 3 is 2.74 bits per heavy atom. The number of carbonyl (C=O) groups is 1. The van der Waals surface area contributed by atoms with Gasteiger partial charge in [-0.2, -0.15) is 0 Å². The van der Waals surface area contributed by atoms with Crippen molar-refractivity contribution in [2.75, 3.05) is 0 Å². The fraction of sp³-hybridized carbons (Fsp3) is 0.167. The Hall–Kier alpha value is -2.82. The summed E-state index contributed by atoms with van der Waals surface area (Å²) >= 11 is 0. The number of aryl methyl sites for hydroxylation is 1. The average molecular weight is 313 g/mol. The summed E-state index contributed by atoms with van der Waals surface area (Å²) in [5.74, 6) is -0.871. The molecule has 0 fully saturated rings. The fourth-order valence-electron chi connectivity index (χ4n) is 2.69. The second kappa shape index (κ2) is 6.12. The number of rotatable bonds is 5. The second-order valence-corrected chi connectivity index (χ2v) is 5.19. The normalized spacial score (nSPS) is 10.9. The molecule has 118 valence electrons. The highest BCUT2D eigenvalue weighted by molar-refractivity contribution is 6.03. The molecule has 0 bridgehead atoms. The standard InChI is InChI=1S/C18H16FNO3/c1-2-20-10-12(11-23-14-6-3-5-13(19)9-14)15-7-4-8-16(17(15)20)18(21)22/h3-10H,2,11H2,1H3,(H,21,22). The Kier molecular flexibility index (Phi) is 4.02. The molecule has 0 saturated carbocycles. The maximum atomic E-state index is 13.2. The molecular formula is C18H16FNO3. The summed E-state index contributed by atoms with van der Waals surface area (Å²) in [5, 5.41) is 10.2. The molecular weight excluding hydrogens is 297 g/mol. The fourth-order valence-corrected chi connectivity index (χ4v) is 2.69. The Morgan fingerprint density at radius 1 is 1.26 bits per heavy atom. The van der Waals surface area contributed by atoms with Crippen molar-refractivity contribution in [3.63, 3.8) is 0 Å². The lowest BCUT2D eigenvalue weighted by atomic mass is 10.1. The van der Waals surface area contributed by atoms with Crippen molar-refractivity contribution in [3.05, 3.63) is 65.6 Å². The quantitative estimate of drug-likeness (QED) is 0.772. The van der Waals surface area contributed by atoms with Gasteiger partial charge in [-0.1, -0.05) is 18.2 Å². The maximum Gasteiger partial charge on any atom is 0.337 e. The van der Waals surface area contributed by atoms with Gasteiger partial charge in [0.15, 0.2) is 0 Å². The van der Waals surface area contributed by atoms with Gasteiger partial charge in [0, 0.05) is 29.8 Å². The Morgan fingerprint density at radius 2 is 2.04 bits per heavy atom. The van der Waals surface area contributed by atoms with E-state index in [0.29, 0.717) is 17.8 Å². The average Bonchev–Trinajstić information content (AvgIpc) is 2.91. The molecule has 1 N–H and O–H groups in total. The first-order valence-electron chi connectivity index (χ1n) is 7.32. The molecule has 2 aromatic carbocycles. The molecule has 0 radical (unpaired) electrons. The number of aromatic carboxylic acids is 1. The third kappa shape index (κ3) is 2.90. The largest absolute Gasteiger partial charge is 0.489 e. The van der Waals surface area contributed by atoms with Gasteiger partial charge in [-0.25, -0.2) is 9.18 Å². The summed E-state index contributed by atoms with van der Waals surface area (Å²) in [7, 11) is 0. The summed E-state index contributed by atoms with van der Waals surface area (Å²) in [6, 6.07) is 11.1. The number of carboxylic acids is 1. The van der Waals surface area contributed by atoms with E-state index >= 15 is 0 Å². The van der Waals surface area contributed by atoms with Crippen LogP contribution in [0.5, 0.6) is 5.75 Å². The second-order valence-electron chi connectivity index (χ2n) is 5.19. The van der Waals surface area contributed by atoms with Crippen LogP contribution in [0.1, 0.15) is 22.8 Å². The van der Waals surface area contributed by atoms with E-state index in [1.54, 1.807) is 24.3 Å². The summed E-state index contributed by atoms with van der Waals surface area (Å²) in [6.07, 6.45) is 1.89. The zero-order valence-corrected chi connectivity index (χ0v) is 12.6. The minimum absolute atomic E-state index is 0.246. The Bertz CT molecular complexity index is 870. The van der Waals surface area contributed by atoms with Crippen molar-refractivity contribution in [2.24, 2.45) is 0 Å². The lowest BCUT2D eigenvalue weighted by Crippen LogP contribution is -2.01. The van der Waals surface area contributed by atoms with Gasteiger partial charge in [-0.3, -0.25) is 0 Å². The van der Waals surface area contributed by atoms with E-state index in [2.05, 4.69) is 0 Å². The molecule has 0 aliphatic heterocycles. The number of carboxylic acid groups (broad SMARTS) is 1. The van der Waals surface area contributed by atoms with Gasteiger partial charge in [0.2, 0.25) is 0 Å². The van der Waals surface area contributed by atoms with E-state index in [4.69, 9.17) is 4.74 Å². The molecule has 1 aromatic heterocycles. The van der Waals surface area contributed by atoms with Crippen LogP contribution >= 0.6 is 0 Å². The van der Waals surface area contributed by atoms with Crippen molar-refractivity contribution in [1.29, 1.82) is 0 Å². The van der Waals surface area contributed by atoms with Gasteiger partial charge in [0.05, 0.1) is 11.1 Å². The van der Waals surface area contributed by atoms with Gasteiger partial charge in [-0.15, -0.1) is 0 Å². The summed E-state index contributed by atoms with van der Waals surface area (Å²) in [4.78, 5) is 11.4. The van der Waals surface area contributed by atoms with Gasteiger partial charge in [-0.05, 0) is 25.1 Å². The van der Waals surface area contributed by atoms with E-state index in [9.17, 15) is 14.3 Å². The van der Waals surface area contributed by atoms with E-state index in [-0.39, 0.29) is 18.0 Å². The number of halogens is 1. The first-order valence-corrected chi connectivity index (χ1v) is 7.32. The number of para-hydroxylation sites is 1. The van der Waals surface area contributed by atoms with Crippen molar-refractivity contribution < 1.29 is 19.0 Å². The van der Waals surface area contributed by atoms with Crippen LogP contribution in [0.4, 0.5) is 4.39 Å². The minimum Gasteiger partial charge on any atom is -0.489 e. The molecule has 0 amide bonds. The van der Waals surface area contributed by atoms with Crippen molar-refractivity contribution >= 4 is 16.9 Å². The molecule has 0 aliphatic rings. The number of fused-ring (bicyclic) bond motifs is 1. The van der Waals surface area contributed by atoms with Crippen molar-refractivity contribution in [3.8, 4) is 5.75 Å². The van der Waals surface area contributed by atoms with E-state index in [0.717, 1.165) is 10.9 Å². The zero-order chi connectivity index (χ0) is 16.4. The topological polar surface area (TPSA) is 51.5 Å². The van der Waals surface area contributed by atoms with Crippen LogP contribution < -0.4 is 4.74 Å². The van der Waals surface area contributed by atoms with Crippen LogP contribution in [0.15, 0.2) is 48.7 Å². The predicted octanol–water partition coefficient (Wildman–Crippen LogP) is 4.08. The number of aromatic nitrogens is 1. The lowest BCUT2D eigenvalue weighted by molar-refractivity contribution is 0.0698. The number of hydrogen-bond donors (Lipinski definition) is 1. The van der Waals surface area contributed by atoms with Crippen LogP contribution in [0.2, 0.25) is 0 Å².